The van der Waals surface area contributed by atoms with Crippen molar-refractivity contribution in [1.29, 1.82) is 0 Å². The lowest BCUT2D eigenvalue weighted by atomic mass is 10.3. The van der Waals surface area contributed by atoms with E-state index < -0.39 is 21.0 Å². The quantitative estimate of drug-likeness (QED) is 0.810. The van der Waals surface area contributed by atoms with Crippen LogP contribution >= 0.6 is 15.9 Å². The molecule has 0 aromatic heterocycles. The summed E-state index contributed by atoms with van der Waals surface area (Å²) in [6.07, 6.45) is 0.118. The minimum absolute atomic E-state index is 0.0636. The van der Waals surface area contributed by atoms with Crippen molar-refractivity contribution in [2.75, 3.05) is 5.73 Å². The Hall–Kier alpha value is -1.08. The molecule has 1 aromatic rings. The molecule has 7 heteroatoms. The number of anilines is 1. The third kappa shape index (κ3) is 2.78. The Morgan fingerprint density at radius 2 is 2.06 bits per heavy atom. The van der Waals surface area contributed by atoms with Crippen molar-refractivity contribution in [2.45, 2.75) is 23.5 Å². The van der Waals surface area contributed by atoms with Gasteiger partial charge in [-0.05, 0) is 24.6 Å². The SMILES string of the molecule is CCC(C(N)=O)S(=O)(=O)c1ccc(Br)cc1N. The molecule has 1 unspecified atom stereocenters. The van der Waals surface area contributed by atoms with E-state index in [-0.39, 0.29) is 17.0 Å². The van der Waals surface area contributed by atoms with Crippen molar-refractivity contribution in [3.8, 4) is 0 Å². The minimum Gasteiger partial charge on any atom is -0.398 e. The van der Waals surface area contributed by atoms with Gasteiger partial charge in [-0.15, -0.1) is 0 Å². The summed E-state index contributed by atoms with van der Waals surface area (Å²) >= 11 is 3.18. The fourth-order valence-corrected chi connectivity index (χ4v) is 3.58. The number of hydrogen-bond acceptors (Lipinski definition) is 4. The molecule has 94 valence electrons. The van der Waals surface area contributed by atoms with Crippen LogP contribution in [0.15, 0.2) is 27.6 Å². The van der Waals surface area contributed by atoms with Crippen molar-refractivity contribution >= 4 is 37.4 Å². The van der Waals surface area contributed by atoms with E-state index in [1.807, 2.05) is 0 Å². The van der Waals surface area contributed by atoms with Crippen LogP contribution in [0.4, 0.5) is 5.69 Å². The van der Waals surface area contributed by atoms with Crippen LogP contribution < -0.4 is 11.5 Å². The molecule has 0 saturated carbocycles. The highest BCUT2D eigenvalue weighted by Crippen LogP contribution is 2.26. The van der Waals surface area contributed by atoms with Crippen LogP contribution in [0, 0.1) is 0 Å². The predicted molar refractivity (Wildman–Crippen MR) is 69.0 cm³/mol. The Balaban J connectivity index is 3.35. The van der Waals surface area contributed by atoms with Gasteiger partial charge in [0.2, 0.25) is 5.91 Å². The molecular weight excluding hydrogens is 308 g/mol. The zero-order chi connectivity index (χ0) is 13.2. The Morgan fingerprint density at radius 3 is 2.47 bits per heavy atom. The van der Waals surface area contributed by atoms with E-state index in [9.17, 15) is 13.2 Å². The summed E-state index contributed by atoms with van der Waals surface area (Å²) in [6.45, 7) is 1.59. The first kappa shape index (κ1) is 14.0. The lowest BCUT2D eigenvalue weighted by Gasteiger charge is -2.14. The maximum absolute atomic E-state index is 12.1. The molecule has 4 N–H and O–H groups in total. The van der Waals surface area contributed by atoms with Gasteiger partial charge in [-0.1, -0.05) is 22.9 Å². The van der Waals surface area contributed by atoms with Crippen LogP contribution in [-0.4, -0.2) is 19.6 Å². The third-order valence-electron chi connectivity index (χ3n) is 2.34. The van der Waals surface area contributed by atoms with Crippen LogP contribution in [0.3, 0.4) is 0 Å². The minimum atomic E-state index is -3.82. The van der Waals surface area contributed by atoms with E-state index in [1.54, 1.807) is 13.0 Å². The lowest BCUT2D eigenvalue weighted by molar-refractivity contribution is -0.117. The maximum Gasteiger partial charge on any atom is 0.236 e. The number of sulfone groups is 1. The van der Waals surface area contributed by atoms with Gasteiger partial charge in [0.15, 0.2) is 9.84 Å². The van der Waals surface area contributed by atoms with Crippen LogP contribution in [0.2, 0.25) is 0 Å². The maximum atomic E-state index is 12.1. The molecule has 1 amide bonds. The van der Waals surface area contributed by atoms with Gasteiger partial charge in [0.25, 0.3) is 0 Å². The first-order valence-electron chi connectivity index (χ1n) is 4.89. The third-order valence-corrected chi connectivity index (χ3v) is 5.13. The molecule has 1 aromatic carbocycles. The summed E-state index contributed by atoms with van der Waals surface area (Å²) in [5, 5.41) is -1.24. The van der Waals surface area contributed by atoms with Gasteiger partial charge >= 0.3 is 0 Å². The monoisotopic (exact) mass is 320 g/mol. The van der Waals surface area contributed by atoms with Crippen molar-refractivity contribution < 1.29 is 13.2 Å². The van der Waals surface area contributed by atoms with Gasteiger partial charge in [0.05, 0.1) is 10.6 Å². The number of primary amides is 1. The fraction of sp³-hybridized carbons (Fsp3) is 0.300. The summed E-state index contributed by atoms with van der Waals surface area (Å²) in [4.78, 5) is 11.1. The normalized spacial score (nSPS) is 13.3. The second kappa shape index (κ2) is 5.05. The number of benzene rings is 1. The number of halogens is 1. The fourth-order valence-electron chi connectivity index (χ4n) is 1.51. The zero-order valence-corrected chi connectivity index (χ0v) is 11.6. The topological polar surface area (TPSA) is 103 Å². The van der Waals surface area contributed by atoms with Gasteiger partial charge in [-0.25, -0.2) is 8.42 Å². The van der Waals surface area contributed by atoms with E-state index >= 15 is 0 Å². The molecule has 0 aliphatic rings. The van der Waals surface area contributed by atoms with Gasteiger partial charge in [0.1, 0.15) is 5.25 Å². The Morgan fingerprint density at radius 1 is 1.47 bits per heavy atom. The number of nitrogens with two attached hydrogens (primary N) is 2. The first-order chi connectivity index (χ1) is 7.80. The molecule has 1 atom stereocenters. The largest absolute Gasteiger partial charge is 0.398 e. The summed E-state index contributed by atoms with van der Waals surface area (Å²) in [7, 11) is -3.82. The van der Waals surface area contributed by atoms with Gasteiger partial charge in [-0.3, -0.25) is 4.79 Å². The Kier molecular flexibility index (Phi) is 4.16. The van der Waals surface area contributed by atoms with Gasteiger partial charge in [0, 0.05) is 4.47 Å². The molecule has 17 heavy (non-hydrogen) atoms. The number of nitrogen functional groups attached to an aromatic ring is 1. The van der Waals surface area contributed by atoms with Gasteiger partial charge in [-0.2, -0.15) is 0 Å². The molecule has 0 saturated heterocycles. The van der Waals surface area contributed by atoms with E-state index in [0.29, 0.717) is 4.47 Å². The van der Waals surface area contributed by atoms with Crippen molar-refractivity contribution in [3.05, 3.63) is 22.7 Å². The lowest BCUT2D eigenvalue weighted by Crippen LogP contribution is -2.35. The summed E-state index contributed by atoms with van der Waals surface area (Å²) in [6, 6.07) is 4.39. The van der Waals surface area contributed by atoms with E-state index in [0.717, 1.165) is 0 Å². The number of carbonyl (C=O) groups is 1. The molecule has 0 heterocycles. The Bertz CT molecular complexity index is 542. The van der Waals surface area contributed by atoms with Crippen molar-refractivity contribution in [3.63, 3.8) is 0 Å². The predicted octanol–water partition coefficient (Wildman–Crippen LogP) is 1.07. The van der Waals surface area contributed by atoms with Crippen LogP contribution in [0.25, 0.3) is 0 Å². The second-order valence-corrected chi connectivity index (χ2v) is 6.54. The molecule has 1 rings (SSSR count). The Labute approximate surface area is 108 Å². The number of amides is 1. The highest BCUT2D eigenvalue weighted by molar-refractivity contribution is 9.10. The smallest absolute Gasteiger partial charge is 0.236 e. The average molecular weight is 321 g/mol. The first-order valence-corrected chi connectivity index (χ1v) is 7.22. The van der Waals surface area contributed by atoms with Crippen molar-refractivity contribution in [1.82, 2.24) is 0 Å². The summed E-state index contributed by atoms with van der Waals surface area (Å²) < 4.78 is 24.9. The molecule has 0 bridgehead atoms. The number of rotatable bonds is 4. The second-order valence-electron chi connectivity index (χ2n) is 3.53. The number of carbonyl (C=O) groups excluding carboxylic acids is 1. The molecule has 5 nitrogen and oxygen atoms in total. The molecule has 0 aliphatic heterocycles. The molecule has 0 spiro atoms. The summed E-state index contributed by atoms with van der Waals surface area (Å²) in [5.41, 5.74) is 10.8. The molecule has 0 radical (unpaired) electrons. The van der Waals surface area contributed by atoms with E-state index in [2.05, 4.69) is 15.9 Å². The van der Waals surface area contributed by atoms with Crippen LogP contribution in [0.1, 0.15) is 13.3 Å². The molecular formula is C10H13BrN2O3S. The summed E-state index contributed by atoms with van der Waals surface area (Å²) in [5.74, 6) is -0.866. The molecule has 0 fully saturated rings. The van der Waals surface area contributed by atoms with Crippen LogP contribution in [0.5, 0.6) is 0 Å². The standard InChI is InChI=1S/C10H13BrN2O3S/c1-2-8(10(13)14)17(15,16)9-4-3-6(11)5-7(9)12/h3-5,8H,2,12H2,1H3,(H2,13,14). The number of hydrogen-bond donors (Lipinski definition) is 2. The molecule has 0 aliphatic carbocycles. The highest BCUT2D eigenvalue weighted by atomic mass is 79.9. The van der Waals surface area contributed by atoms with Crippen molar-refractivity contribution in [2.24, 2.45) is 5.73 Å². The van der Waals surface area contributed by atoms with E-state index in [1.165, 1.54) is 12.1 Å². The van der Waals surface area contributed by atoms with Crippen LogP contribution in [-0.2, 0) is 14.6 Å². The average Bonchev–Trinajstić information content (AvgIpc) is 2.16. The van der Waals surface area contributed by atoms with E-state index in [4.69, 9.17) is 11.5 Å². The zero-order valence-electron chi connectivity index (χ0n) is 9.18. The highest BCUT2D eigenvalue weighted by Gasteiger charge is 2.32. The van der Waals surface area contributed by atoms with Gasteiger partial charge < -0.3 is 11.5 Å².